The Kier molecular flexibility index (Phi) is 5.93. The number of hydrogen-bond acceptors (Lipinski definition) is 4. The van der Waals surface area contributed by atoms with Gasteiger partial charge in [0.05, 0.1) is 6.04 Å². The van der Waals surface area contributed by atoms with E-state index < -0.39 is 34.8 Å². The summed E-state index contributed by atoms with van der Waals surface area (Å²) in [6.07, 6.45) is -1.23. The van der Waals surface area contributed by atoms with Crippen LogP contribution in [0.1, 0.15) is 30.7 Å². The third-order valence-electron chi connectivity index (χ3n) is 4.95. The molecule has 0 radical (unpaired) electrons. The Hall–Kier alpha value is -1.44. The van der Waals surface area contributed by atoms with Crippen LogP contribution in [0.4, 0.5) is 14.0 Å². The van der Waals surface area contributed by atoms with E-state index in [-0.39, 0.29) is 17.8 Å². The number of amides is 1. The predicted molar refractivity (Wildman–Crippen MR) is 96.9 cm³/mol. The fraction of sp³-hybridized carbons (Fsp3) is 0.529. The van der Waals surface area contributed by atoms with Crippen molar-refractivity contribution in [2.45, 2.75) is 47.2 Å². The summed E-state index contributed by atoms with van der Waals surface area (Å²) >= 11 is 16.7. The third kappa shape index (κ3) is 4.70. The Balaban J connectivity index is 1.82. The summed E-state index contributed by atoms with van der Waals surface area (Å²) in [4.78, 5) is 25.1. The summed E-state index contributed by atoms with van der Waals surface area (Å²) in [5.74, 6) is -0.678. The summed E-state index contributed by atoms with van der Waals surface area (Å²) < 4.78 is 21.8. The number of carboxylic acid groups (broad SMARTS) is 1. The fourth-order valence-corrected chi connectivity index (χ4v) is 4.11. The third-order valence-corrected chi connectivity index (χ3v) is 5.28. The lowest BCUT2D eigenvalue weighted by atomic mass is 9.82. The van der Waals surface area contributed by atoms with Gasteiger partial charge in [-0.3, -0.25) is 4.90 Å². The second kappa shape index (κ2) is 7.89. The summed E-state index contributed by atoms with van der Waals surface area (Å²) in [5.41, 5.74) is 0.762. The number of fused-ring (bicyclic) bond motifs is 2. The lowest BCUT2D eigenvalue weighted by molar-refractivity contribution is -0.0383. The Morgan fingerprint density at radius 1 is 1.22 bits per heavy atom. The van der Waals surface area contributed by atoms with Gasteiger partial charge >= 0.3 is 12.2 Å². The molecule has 148 valence electrons. The van der Waals surface area contributed by atoms with E-state index in [1.165, 1.54) is 17.0 Å². The SMILES string of the molecule is O=C(OCC(Cl)(Cl)Cl)OC1C(c2ccc(F)cc2)CC2CCC1N2C(=O)O. The zero-order valence-electron chi connectivity index (χ0n) is 14.0. The summed E-state index contributed by atoms with van der Waals surface area (Å²) in [7, 11) is 0. The van der Waals surface area contributed by atoms with Crippen LogP contribution in [-0.2, 0) is 9.47 Å². The monoisotopic (exact) mass is 439 g/mol. The number of piperidine rings is 1. The number of benzene rings is 1. The van der Waals surface area contributed by atoms with Crippen molar-refractivity contribution in [2.75, 3.05) is 6.61 Å². The highest BCUT2D eigenvalue weighted by atomic mass is 35.6. The first-order valence-corrected chi connectivity index (χ1v) is 9.46. The molecule has 0 aromatic heterocycles. The van der Waals surface area contributed by atoms with Gasteiger partial charge in [-0.15, -0.1) is 0 Å². The molecule has 1 aromatic rings. The highest BCUT2D eigenvalue weighted by Crippen LogP contribution is 2.45. The van der Waals surface area contributed by atoms with Crippen molar-refractivity contribution in [3.63, 3.8) is 0 Å². The van der Waals surface area contributed by atoms with Gasteiger partial charge in [0.15, 0.2) is 0 Å². The van der Waals surface area contributed by atoms with Crippen LogP contribution in [0.3, 0.4) is 0 Å². The van der Waals surface area contributed by atoms with Crippen LogP contribution in [-0.4, -0.2) is 50.8 Å². The van der Waals surface area contributed by atoms with Gasteiger partial charge in [-0.25, -0.2) is 14.0 Å². The second-order valence-corrected chi connectivity index (χ2v) is 9.13. The molecule has 1 N–H and O–H groups in total. The average Bonchev–Trinajstić information content (AvgIpc) is 2.92. The van der Waals surface area contributed by atoms with E-state index in [9.17, 15) is 19.1 Å². The first kappa shape index (κ1) is 20.3. The van der Waals surface area contributed by atoms with Crippen molar-refractivity contribution < 1.29 is 28.6 Å². The lowest BCUT2D eigenvalue weighted by Gasteiger charge is -2.42. The summed E-state index contributed by atoms with van der Waals surface area (Å²) in [6, 6.07) is 5.16. The predicted octanol–water partition coefficient (Wildman–Crippen LogP) is 4.72. The number of ether oxygens (including phenoxy) is 2. The van der Waals surface area contributed by atoms with E-state index in [1.54, 1.807) is 12.1 Å². The van der Waals surface area contributed by atoms with Gasteiger partial charge in [-0.1, -0.05) is 46.9 Å². The number of nitrogens with zero attached hydrogens (tertiary/aromatic N) is 1. The largest absolute Gasteiger partial charge is 0.508 e. The molecule has 2 aliphatic rings. The smallest absolute Gasteiger partial charge is 0.465 e. The summed E-state index contributed by atoms with van der Waals surface area (Å²) in [6.45, 7) is -0.500. The maximum Gasteiger partial charge on any atom is 0.508 e. The zero-order valence-corrected chi connectivity index (χ0v) is 16.3. The molecule has 27 heavy (non-hydrogen) atoms. The summed E-state index contributed by atoms with van der Waals surface area (Å²) in [5, 5.41) is 9.53. The Morgan fingerprint density at radius 2 is 1.89 bits per heavy atom. The van der Waals surface area contributed by atoms with Gasteiger partial charge in [0.2, 0.25) is 3.79 Å². The minimum Gasteiger partial charge on any atom is -0.465 e. The first-order valence-electron chi connectivity index (χ1n) is 8.32. The van der Waals surface area contributed by atoms with E-state index in [0.29, 0.717) is 19.3 Å². The van der Waals surface area contributed by atoms with Crippen molar-refractivity contribution in [1.82, 2.24) is 4.90 Å². The molecule has 2 aliphatic heterocycles. The van der Waals surface area contributed by atoms with Gasteiger partial charge in [-0.2, -0.15) is 0 Å². The lowest BCUT2D eigenvalue weighted by Crippen LogP contribution is -2.54. The minimum absolute atomic E-state index is 0.181. The van der Waals surface area contributed by atoms with Crippen LogP contribution in [0.25, 0.3) is 0 Å². The highest BCUT2D eigenvalue weighted by Gasteiger charge is 2.51. The second-order valence-electron chi connectivity index (χ2n) is 6.62. The Labute approximate surface area is 170 Å². The van der Waals surface area contributed by atoms with Crippen LogP contribution in [0.2, 0.25) is 0 Å². The molecular weight excluding hydrogens is 424 g/mol. The first-order chi connectivity index (χ1) is 12.7. The molecule has 6 nitrogen and oxygen atoms in total. The normalized spacial score (nSPS) is 27.3. The molecule has 2 heterocycles. The number of carbonyl (C=O) groups is 2. The average molecular weight is 441 g/mol. The maximum absolute atomic E-state index is 13.3. The zero-order chi connectivity index (χ0) is 19.8. The van der Waals surface area contributed by atoms with Crippen LogP contribution in [0.15, 0.2) is 24.3 Å². The van der Waals surface area contributed by atoms with E-state index in [0.717, 1.165) is 5.56 Å². The van der Waals surface area contributed by atoms with Crippen molar-refractivity contribution in [1.29, 1.82) is 0 Å². The maximum atomic E-state index is 13.3. The van der Waals surface area contributed by atoms with Gasteiger partial charge in [0.25, 0.3) is 0 Å². The molecule has 2 fully saturated rings. The van der Waals surface area contributed by atoms with Crippen molar-refractivity contribution in [3.8, 4) is 0 Å². The van der Waals surface area contributed by atoms with Crippen molar-refractivity contribution >= 4 is 47.1 Å². The van der Waals surface area contributed by atoms with Crippen LogP contribution in [0.5, 0.6) is 0 Å². The molecule has 1 aromatic carbocycles. The molecule has 10 heteroatoms. The minimum atomic E-state index is -1.78. The topological polar surface area (TPSA) is 76.1 Å². The fourth-order valence-electron chi connectivity index (χ4n) is 3.94. The van der Waals surface area contributed by atoms with Gasteiger partial charge in [-0.05, 0) is 37.0 Å². The standard InChI is InChI=1S/C17H17Cl3FNO5/c18-17(19,20)8-26-16(25)27-14-12(9-1-3-10(21)4-2-9)7-11-5-6-13(14)22(11)15(23)24/h1-4,11-14H,5-8H2,(H,23,24). The van der Waals surface area contributed by atoms with Gasteiger partial charge in [0.1, 0.15) is 18.5 Å². The van der Waals surface area contributed by atoms with E-state index >= 15 is 0 Å². The van der Waals surface area contributed by atoms with E-state index in [2.05, 4.69) is 0 Å². The van der Waals surface area contributed by atoms with Crippen molar-refractivity contribution in [2.24, 2.45) is 0 Å². The molecular formula is C17H17Cl3FNO5. The van der Waals surface area contributed by atoms with Crippen molar-refractivity contribution in [3.05, 3.63) is 35.6 Å². The highest BCUT2D eigenvalue weighted by molar-refractivity contribution is 6.67. The number of alkyl halides is 3. The number of rotatable bonds is 3. The van der Waals surface area contributed by atoms with Crippen LogP contribution < -0.4 is 0 Å². The molecule has 0 aliphatic carbocycles. The van der Waals surface area contributed by atoms with Gasteiger partial charge < -0.3 is 14.6 Å². The molecule has 0 spiro atoms. The Morgan fingerprint density at radius 3 is 2.48 bits per heavy atom. The molecule has 3 rings (SSSR count). The van der Waals surface area contributed by atoms with E-state index in [1.807, 2.05) is 0 Å². The quantitative estimate of drug-likeness (QED) is 0.544. The van der Waals surface area contributed by atoms with Crippen LogP contribution >= 0.6 is 34.8 Å². The number of carbonyl (C=O) groups excluding carboxylic acids is 1. The van der Waals surface area contributed by atoms with Gasteiger partial charge in [0, 0.05) is 12.0 Å². The molecule has 1 amide bonds. The van der Waals surface area contributed by atoms with E-state index in [4.69, 9.17) is 44.3 Å². The molecule has 2 bridgehead atoms. The number of halogens is 4. The molecule has 4 unspecified atom stereocenters. The molecule has 4 atom stereocenters. The number of hydrogen-bond donors (Lipinski definition) is 1. The molecule has 2 saturated heterocycles. The van der Waals surface area contributed by atoms with Crippen LogP contribution in [0, 0.1) is 5.82 Å². The Bertz CT molecular complexity index is 712. The molecule has 0 saturated carbocycles.